The molecular formula is C11H16N2O3. The number of carbonyl (C=O) groups excluding carboxylic acids is 1. The molecule has 0 aromatic heterocycles. The Labute approximate surface area is 94.5 Å². The molecule has 5 heteroatoms. The summed E-state index contributed by atoms with van der Waals surface area (Å²) in [6, 6.07) is 6.82. The molecule has 1 unspecified atom stereocenters. The average Bonchev–Trinajstić information content (AvgIpc) is 2.21. The fourth-order valence-electron chi connectivity index (χ4n) is 1.17. The second kappa shape index (κ2) is 5.97. The number of hydrogen-bond donors (Lipinski definition) is 2. The van der Waals surface area contributed by atoms with Crippen molar-refractivity contribution in [3.8, 4) is 0 Å². The molecule has 0 aliphatic rings. The van der Waals surface area contributed by atoms with Crippen molar-refractivity contribution < 1.29 is 14.3 Å². The minimum atomic E-state index is -0.505. The minimum Gasteiger partial charge on any atom is -0.444 e. The number of ether oxygens (including phenoxy) is 2. The van der Waals surface area contributed by atoms with Crippen molar-refractivity contribution >= 4 is 17.5 Å². The summed E-state index contributed by atoms with van der Waals surface area (Å²) in [7, 11) is 1.55. The topological polar surface area (TPSA) is 73.6 Å². The van der Waals surface area contributed by atoms with Crippen LogP contribution in [0.1, 0.15) is 6.92 Å². The molecule has 1 atom stereocenters. The third-order valence-corrected chi connectivity index (χ3v) is 1.87. The van der Waals surface area contributed by atoms with E-state index in [9.17, 15) is 4.79 Å². The lowest BCUT2D eigenvalue weighted by Gasteiger charge is -2.12. The van der Waals surface area contributed by atoms with Crippen LogP contribution in [0.2, 0.25) is 0 Å². The fourth-order valence-corrected chi connectivity index (χ4v) is 1.17. The zero-order valence-electron chi connectivity index (χ0n) is 9.40. The molecule has 0 bridgehead atoms. The number of anilines is 2. The van der Waals surface area contributed by atoms with Gasteiger partial charge in [-0.25, -0.2) is 4.79 Å². The van der Waals surface area contributed by atoms with Gasteiger partial charge in [-0.05, 0) is 31.2 Å². The Balaban J connectivity index is 2.42. The SMILES string of the molecule is COCC(C)OC(=O)Nc1ccc(N)cc1. The first-order chi connectivity index (χ1) is 7.61. The lowest BCUT2D eigenvalue weighted by atomic mass is 10.3. The number of rotatable bonds is 4. The Morgan fingerprint density at radius 1 is 1.44 bits per heavy atom. The van der Waals surface area contributed by atoms with Crippen molar-refractivity contribution in [2.75, 3.05) is 24.8 Å². The van der Waals surface area contributed by atoms with E-state index in [1.165, 1.54) is 0 Å². The highest BCUT2D eigenvalue weighted by Crippen LogP contribution is 2.10. The Bertz CT molecular complexity index is 338. The minimum absolute atomic E-state index is 0.279. The number of benzene rings is 1. The van der Waals surface area contributed by atoms with Crippen LogP contribution in [0.25, 0.3) is 0 Å². The molecule has 0 aliphatic carbocycles. The molecule has 0 saturated heterocycles. The second-order valence-corrected chi connectivity index (χ2v) is 3.42. The number of nitrogen functional groups attached to an aromatic ring is 1. The van der Waals surface area contributed by atoms with Gasteiger partial charge in [-0.15, -0.1) is 0 Å². The highest BCUT2D eigenvalue weighted by molar-refractivity contribution is 5.84. The molecule has 0 aliphatic heterocycles. The van der Waals surface area contributed by atoms with E-state index in [1.807, 2.05) is 0 Å². The van der Waals surface area contributed by atoms with Crippen LogP contribution in [0.5, 0.6) is 0 Å². The van der Waals surface area contributed by atoms with E-state index in [1.54, 1.807) is 38.3 Å². The van der Waals surface area contributed by atoms with Gasteiger partial charge in [-0.3, -0.25) is 5.32 Å². The summed E-state index contributed by atoms with van der Waals surface area (Å²) in [4.78, 5) is 11.4. The Morgan fingerprint density at radius 2 is 2.06 bits per heavy atom. The lowest BCUT2D eigenvalue weighted by Crippen LogP contribution is -2.23. The van der Waals surface area contributed by atoms with E-state index in [-0.39, 0.29) is 6.10 Å². The summed E-state index contributed by atoms with van der Waals surface area (Å²) in [5.41, 5.74) is 6.80. The molecule has 3 N–H and O–H groups in total. The molecule has 1 amide bonds. The van der Waals surface area contributed by atoms with Crippen molar-refractivity contribution in [2.24, 2.45) is 0 Å². The molecule has 0 saturated carbocycles. The summed E-state index contributed by atoms with van der Waals surface area (Å²) in [6.45, 7) is 2.13. The average molecular weight is 224 g/mol. The quantitative estimate of drug-likeness (QED) is 0.765. The second-order valence-electron chi connectivity index (χ2n) is 3.42. The molecule has 5 nitrogen and oxygen atoms in total. The third kappa shape index (κ3) is 4.18. The smallest absolute Gasteiger partial charge is 0.411 e. The number of amides is 1. The summed E-state index contributed by atoms with van der Waals surface area (Å²) in [5.74, 6) is 0. The van der Waals surface area contributed by atoms with Gasteiger partial charge in [0.25, 0.3) is 0 Å². The molecule has 1 aromatic rings. The van der Waals surface area contributed by atoms with Crippen LogP contribution in [0.4, 0.5) is 16.2 Å². The Hall–Kier alpha value is -1.75. The highest BCUT2D eigenvalue weighted by atomic mass is 16.6. The predicted octanol–water partition coefficient (Wildman–Crippen LogP) is 1.85. The van der Waals surface area contributed by atoms with Gasteiger partial charge in [-0.1, -0.05) is 0 Å². The van der Waals surface area contributed by atoms with Crippen LogP contribution < -0.4 is 11.1 Å². The summed E-state index contributed by atoms with van der Waals surface area (Å²) in [5, 5.41) is 2.59. The molecule has 1 aromatic carbocycles. The largest absolute Gasteiger partial charge is 0.444 e. The monoisotopic (exact) mass is 224 g/mol. The number of nitrogens with two attached hydrogens (primary N) is 1. The van der Waals surface area contributed by atoms with Gasteiger partial charge in [0.2, 0.25) is 0 Å². The number of carbonyl (C=O) groups is 1. The molecule has 16 heavy (non-hydrogen) atoms. The number of nitrogens with one attached hydrogen (secondary N) is 1. The van der Waals surface area contributed by atoms with Crippen LogP contribution >= 0.6 is 0 Å². The van der Waals surface area contributed by atoms with Crippen molar-refractivity contribution in [1.82, 2.24) is 0 Å². The summed E-state index contributed by atoms with van der Waals surface area (Å²) >= 11 is 0. The van der Waals surface area contributed by atoms with Crippen molar-refractivity contribution in [2.45, 2.75) is 13.0 Å². The van der Waals surface area contributed by atoms with E-state index in [0.717, 1.165) is 0 Å². The van der Waals surface area contributed by atoms with Gasteiger partial charge in [0, 0.05) is 18.5 Å². The normalized spacial score (nSPS) is 11.9. The fraction of sp³-hybridized carbons (Fsp3) is 0.364. The van der Waals surface area contributed by atoms with E-state index in [2.05, 4.69) is 5.32 Å². The molecule has 0 fully saturated rings. The van der Waals surface area contributed by atoms with Gasteiger partial charge >= 0.3 is 6.09 Å². The summed E-state index contributed by atoms with van der Waals surface area (Å²) in [6.07, 6.45) is -0.784. The van der Waals surface area contributed by atoms with E-state index < -0.39 is 6.09 Å². The zero-order valence-corrected chi connectivity index (χ0v) is 9.40. The van der Waals surface area contributed by atoms with Crippen LogP contribution in [0, 0.1) is 0 Å². The summed E-state index contributed by atoms with van der Waals surface area (Å²) < 4.78 is 9.87. The predicted molar refractivity (Wildman–Crippen MR) is 62.3 cm³/mol. The van der Waals surface area contributed by atoms with E-state index in [4.69, 9.17) is 15.2 Å². The van der Waals surface area contributed by atoms with Gasteiger partial charge in [0.05, 0.1) is 6.61 Å². The Morgan fingerprint density at radius 3 is 2.62 bits per heavy atom. The standard InChI is InChI=1S/C11H16N2O3/c1-8(7-15-2)16-11(14)13-10-5-3-9(12)4-6-10/h3-6,8H,7,12H2,1-2H3,(H,13,14). The molecule has 1 rings (SSSR count). The molecular weight excluding hydrogens is 208 g/mol. The van der Waals surface area contributed by atoms with Gasteiger partial charge in [0.15, 0.2) is 0 Å². The van der Waals surface area contributed by atoms with E-state index >= 15 is 0 Å². The van der Waals surface area contributed by atoms with Crippen molar-refractivity contribution in [3.63, 3.8) is 0 Å². The van der Waals surface area contributed by atoms with Gasteiger partial charge in [0.1, 0.15) is 6.10 Å². The molecule has 0 heterocycles. The van der Waals surface area contributed by atoms with Crippen molar-refractivity contribution in [1.29, 1.82) is 0 Å². The number of hydrogen-bond acceptors (Lipinski definition) is 4. The zero-order chi connectivity index (χ0) is 12.0. The lowest BCUT2D eigenvalue weighted by molar-refractivity contribution is 0.0564. The first-order valence-electron chi connectivity index (χ1n) is 4.94. The maximum Gasteiger partial charge on any atom is 0.411 e. The van der Waals surface area contributed by atoms with Gasteiger partial charge < -0.3 is 15.2 Å². The Kier molecular flexibility index (Phi) is 4.60. The van der Waals surface area contributed by atoms with Gasteiger partial charge in [-0.2, -0.15) is 0 Å². The van der Waals surface area contributed by atoms with Crippen LogP contribution in [0.15, 0.2) is 24.3 Å². The van der Waals surface area contributed by atoms with Crippen LogP contribution in [-0.2, 0) is 9.47 Å². The van der Waals surface area contributed by atoms with Crippen LogP contribution in [0.3, 0.4) is 0 Å². The van der Waals surface area contributed by atoms with E-state index in [0.29, 0.717) is 18.0 Å². The third-order valence-electron chi connectivity index (χ3n) is 1.87. The maximum absolute atomic E-state index is 11.4. The van der Waals surface area contributed by atoms with Crippen LogP contribution in [-0.4, -0.2) is 25.9 Å². The first-order valence-corrected chi connectivity index (χ1v) is 4.94. The number of methoxy groups -OCH3 is 1. The van der Waals surface area contributed by atoms with Crippen molar-refractivity contribution in [3.05, 3.63) is 24.3 Å². The maximum atomic E-state index is 11.4. The molecule has 0 radical (unpaired) electrons. The molecule has 88 valence electrons. The molecule has 0 spiro atoms. The highest BCUT2D eigenvalue weighted by Gasteiger charge is 2.08. The first kappa shape index (κ1) is 12.3.